The van der Waals surface area contributed by atoms with Crippen LogP contribution in [0.25, 0.3) is 0 Å². The number of hydrogen-bond donors (Lipinski definition) is 1. The van der Waals surface area contributed by atoms with Gasteiger partial charge in [-0.3, -0.25) is 14.6 Å². The average molecular weight is 394 g/mol. The third-order valence-electron chi connectivity index (χ3n) is 4.29. The Kier molecular flexibility index (Phi) is 6.06. The molecule has 0 bridgehead atoms. The van der Waals surface area contributed by atoms with Gasteiger partial charge in [0, 0.05) is 25.4 Å². The first-order chi connectivity index (χ1) is 13.5. The molecule has 2 aromatic carbocycles. The van der Waals surface area contributed by atoms with E-state index in [1.165, 1.54) is 0 Å². The quantitative estimate of drug-likeness (QED) is 0.690. The van der Waals surface area contributed by atoms with Crippen molar-refractivity contribution < 1.29 is 9.59 Å². The number of amides is 2. The summed E-state index contributed by atoms with van der Waals surface area (Å²) in [5.41, 5.74) is 3.20. The number of halogens is 1. The largest absolute Gasteiger partial charge is 0.337 e. The number of nitrogens with zero attached hydrogens (tertiary/aromatic N) is 2. The number of benzene rings is 2. The highest BCUT2D eigenvalue weighted by atomic mass is 35.5. The van der Waals surface area contributed by atoms with E-state index in [0.29, 0.717) is 22.8 Å². The standard InChI is InChI=1S/C22H20ClN3O2/c1-15-9-11-16(12-10-15)22(28)26(2)14-17-6-5-7-18(23)20(17)25-21(27)19-8-3-4-13-24-19/h3-13H,14H2,1-2H3,(H,25,27). The molecule has 28 heavy (non-hydrogen) atoms. The molecule has 1 aromatic heterocycles. The number of hydrogen-bond acceptors (Lipinski definition) is 3. The fraction of sp³-hybridized carbons (Fsp3) is 0.136. The number of carbonyl (C=O) groups is 2. The second-order valence-corrected chi connectivity index (χ2v) is 6.88. The van der Waals surface area contributed by atoms with E-state index in [4.69, 9.17) is 11.6 Å². The molecule has 3 rings (SSSR count). The number of pyridine rings is 1. The summed E-state index contributed by atoms with van der Waals surface area (Å²) in [6.07, 6.45) is 1.55. The van der Waals surface area contributed by atoms with Gasteiger partial charge in [-0.2, -0.15) is 0 Å². The van der Waals surface area contributed by atoms with Crippen molar-refractivity contribution >= 4 is 29.1 Å². The first-order valence-corrected chi connectivity index (χ1v) is 9.15. The zero-order valence-electron chi connectivity index (χ0n) is 15.6. The zero-order chi connectivity index (χ0) is 20.1. The van der Waals surface area contributed by atoms with Crippen molar-refractivity contribution in [3.05, 3.63) is 94.3 Å². The highest BCUT2D eigenvalue weighted by molar-refractivity contribution is 6.34. The lowest BCUT2D eigenvalue weighted by molar-refractivity contribution is 0.0785. The summed E-state index contributed by atoms with van der Waals surface area (Å²) in [5, 5.41) is 3.22. The summed E-state index contributed by atoms with van der Waals surface area (Å²) in [6, 6.07) is 17.8. The predicted octanol–water partition coefficient (Wildman–Crippen LogP) is 4.57. The van der Waals surface area contributed by atoms with Gasteiger partial charge in [-0.05, 0) is 42.8 Å². The van der Waals surface area contributed by atoms with Gasteiger partial charge in [0.25, 0.3) is 11.8 Å². The summed E-state index contributed by atoms with van der Waals surface area (Å²) in [7, 11) is 1.72. The first-order valence-electron chi connectivity index (χ1n) is 8.77. The van der Waals surface area contributed by atoms with Crippen molar-refractivity contribution in [3.63, 3.8) is 0 Å². The molecule has 0 unspecified atom stereocenters. The molecular formula is C22H20ClN3O2. The van der Waals surface area contributed by atoms with Crippen LogP contribution in [0.2, 0.25) is 5.02 Å². The summed E-state index contributed by atoms with van der Waals surface area (Å²) in [6.45, 7) is 2.27. The molecule has 0 fully saturated rings. The van der Waals surface area contributed by atoms with Crippen LogP contribution in [0.1, 0.15) is 32.0 Å². The third kappa shape index (κ3) is 4.56. The van der Waals surface area contributed by atoms with Gasteiger partial charge < -0.3 is 10.2 Å². The molecule has 1 heterocycles. The van der Waals surface area contributed by atoms with Gasteiger partial charge in [0.1, 0.15) is 5.69 Å². The lowest BCUT2D eigenvalue weighted by Crippen LogP contribution is -2.27. The number of aryl methyl sites for hydroxylation is 1. The van der Waals surface area contributed by atoms with Gasteiger partial charge >= 0.3 is 0 Å². The van der Waals surface area contributed by atoms with Crippen molar-refractivity contribution in [3.8, 4) is 0 Å². The molecule has 142 valence electrons. The van der Waals surface area contributed by atoms with Crippen LogP contribution in [0.3, 0.4) is 0 Å². The maximum Gasteiger partial charge on any atom is 0.274 e. The van der Waals surface area contributed by atoms with Crippen LogP contribution in [0.5, 0.6) is 0 Å². The Hall–Kier alpha value is -3.18. The molecule has 0 saturated carbocycles. The minimum Gasteiger partial charge on any atom is -0.337 e. The second kappa shape index (κ2) is 8.67. The van der Waals surface area contributed by atoms with Gasteiger partial charge in [-0.15, -0.1) is 0 Å². The van der Waals surface area contributed by atoms with Gasteiger partial charge in [0.2, 0.25) is 0 Å². The Labute approximate surface area is 169 Å². The van der Waals surface area contributed by atoms with Crippen molar-refractivity contribution in [2.45, 2.75) is 13.5 Å². The van der Waals surface area contributed by atoms with E-state index in [1.54, 1.807) is 60.6 Å². The average Bonchev–Trinajstić information content (AvgIpc) is 2.71. The normalized spacial score (nSPS) is 10.4. The summed E-state index contributed by atoms with van der Waals surface area (Å²) >= 11 is 6.32. The number of nitrogens with one attached hydrogen (secondary N) is 1. The molecule has 5 nitrogen and oxygen atoms in total. The summed E-state index contributed by atoms with van der Waals surface area (Å²) in [5.74, 6) is -0.468. The molecule has 0 radical (unpaired) electrons. The molecule has 3 aromatic rings. The Morgan fingerprint density at radius 2 is 1.79 bits per heavy atom. The Bertz CT molecular complexity index is 988. The van der Waals surface area contributed by atoms with Crippen LogP contribution < -0.4 is 5.32 Å². The van der Waals surface area contributed by atoms with E-state index in [1.807, 2.05) is 25.1 Å². The van der Waals surface area contributed by atoms with Gasteiger partial charge in [-0.1, -0.05) is 47.5 Å². The maximum atomic E-state index is 12.7. The monoisotopic (exact) mass is 393 g/mol. The Morgan fingerprint density at radius 1 is 1.04 bits per heavy atom. The Balaban J connectivity index is 1.80. The molecule has 2 amide bonds. The zero-order valence-corrected chi connectivity index (χ0v) is 16.4. The van der Waals surface area contributed by atoms with E-state index >= 15 is 0 Å². The van der Waals surface area contributed by atoms with Crippen LogP contribution in [0, 0.1) is 6.92 Å². The number of rotatable bonds is 5. The van der Waals surface area contributed by atoms with Crippen LogP contribution in [0.4, 0.5) is 5.69 Å². The molecular weight excluding hydrogens is 374 g/mol. The highest BCUT2D eigenvalue weighted by Crippen LogP contribution is 2.27. The van der Waals surface area contributed by atoms with E-state index in [9.17, 15) is 9.59 Å². The molecule has 0 spiro atoms. The SMILES string of the molecule is Cc1ccc(C(=O)N(C)Cc2cccc(Cl)c2NC(=O)c2ccccn2)cc1. The lowest BCUT2D eigenvalue weighted by Gasteiger charge is -2.20. The molecule has 6 heteroatoms. The fourth-order valence-electron chi connectivity index (χ4n) is 2.76. The van der Waals surface area contributed by atoms with E-state index < -0.39 is 0 Å². The maximum absolute atomic E-state index is 12.7. The van der Waals surface area contributed by atoms with Crippen LogP contribution in [-0.4, -0.2) is 28.7 Å². The number of carbonyl (C=O) groups excluding carboxylic acids is 2. The van der Waals surface area contributed by atoms with Crippen molar-refractivity contribution in [1.29, 1.82) is 0 Å². The van der Waals surface area contributed by atoms with Gasteiger partial charge in [-0.25, -0.2) is 0 Å². The third-order valence-corrected chi connectivity index (χ3v) is 4.60. The molecule has 0 atom stereocenters. The first kappa shape index (κ1) is 19.6. The van der Waals surface area contributed by atoms with Crippen LogP contribution in [-0.2, 0) is 6.54 Å². The van der Waals surface area contributed by atoms with Crippen molar-refractivity contribution in [1.82, 2.24) is 9.88 Å². The van der Waals surface area contributed by atoms with Gasteiger partial charge in [0.15, 0.2) is 0 Å². The van der Waals surface area contributed by atoms with Crippen LogP contribution >= 0.6 is 11.6 Å². The molecule has 0 aliphatic rings. The minimum absolute atomic E-state index is 0.109. The topological polar surface area (TPSA) is 62.3 Å². The van der Waals surface area contributed by atoms with E-state index in [0.717, 1.165) is 11.1 Å². The smallest absolute Gasteiger partial charge is 0.274 e. The van der Waals surface area contributed by atoms with Crippen molar-refractivity contribution in [2.75, 3.05) is 12.4 Å². The van der Waals surface area contributed by atoms with Crippen LogP contribution in [0.15, 0.2) is 66.9 Å². The minimum atomic E-state index is -0.359. The van der Waals surface area contributed by atoms with E-state index in [-0.39, 0.29) is 17.5 Å². The molecule has 0 aliphatic carbocycles. The molecule has 0 saturated heterocycles. The van der Waals surface area contributed by atoms with Gasteiger partial charge in [0.05, 0.1) is 10.7 Å². The summed E-state index contributed by atoms with van der Waals surface area (Å²) in [4.78, 5) is 30.8. The lowest BCUT2D eigenvalue weighted by atomic mass is 10.1. The number of aromatic nitrogens is 1. The predicted molar refractivity (Wildman–Crippen MR) is 111 cm³/mol. The Morgan fingerprint density at radius 3 is 2.46 bits per heavy atom. The van der Waals surface area contributed by atoms with Crippen molar-refractivity contribution in [2.24, 2.45) is 0 Å². The molecule has 1 N–H and O–H groups in total. The number of anilines is 1. The fourth-order valence-corrected chi connectivity index (χ4v) is 3.00. The highest BCUT2D eigenvalue weighted by Gasteiger charge is 2.17. The number of para-hydroxylation sites is 1. The van der Waals surface area contributed by atoms with E-state index in [2.05, 4.69) is 10.3 Å². The molecule has 0 aliphatic heterocycles. The summed E-state index contributed by atoms with van der Waals surface area (Å²) < 4.78 is 0. The second-order valence-electron chi connectivity index (χ2n) is 6.47.